The van der Waals surface area contributed by atoms with Crippen molar-refractivity contribution < 1.29 is 13.2 Å². The van der Waals surface area contributed by atoms with E-state index in [0.29, 0.717) is 22.7 Å². The lowest BCUT2D eigenvalue weighted by atomic mass is 10.0. The number of sulfonamides is 1. The number of nitrogens with one attached hydrogen (secondary N) is 2. The van der Waals surface area contributed by atoms with Crippen molar-refractivity contribution in [2.24, 2.45) is 5.73 Å². The Bertz CT molecular complexity index is 1560. The highest BCUT2D eigenvalue weighted by Crippen LogP contribution is 2.30. The normalized spacial score (nSPS) is 13.3. The standard InChI is InChI=1S/C29H31N5O3S.3ClH/c30-24-5-11-28(12-6-24)38(35,36)34(25-7-9-26(10-8-25)37-27-13-15-33-16-14-27)19-20-1-2-21-3-4-22(29(31)32)18-23(21)17-20;;;/h1-12,17-18,27,33H,13-16,19,30H2,(H3,31,32);3*1H. The number of piperidine rings is 1. The molecule has 5 rings (SSSR count). The molecule has 0 atom stereocenters. The topological polar surface area (TPSA) is 135 Å². The fourth-order valence-electron chi connectivity index (χ4n) is 4.61. The highest BCUT2D eigenvalue weighted by molar-refractivity contribution is 7.92. The van der Waals surface area contributed by atoms with Gasteiger partial charge in [0, 0.05) is 11.3 Å². The monoisotopic (exact) mass is 637 g/mol. The van der Waals surface area contributed by atoms with Crippen LogP contribution in [0.2, 0.25) is 0 Å². The van der Waals surface area contributed by atoms with Crippen LogP contribution in [0, 0.1) is 5.41 Å². The summed E-state index contributed by atoms with van der Waals surface area (Å²) in [4.78, 5) is 0.154. The summed E-state index contributed by atoms with van der Waals surface area (Å²) >= 11 is 0. The van der Waals surface area contributed by atoms with Crippen molar-refractivity contribution in [3.8, 4) is 5.75 Å². The molecule has 1 aliphatic rings. The molecule has 1 saturated heterocycles. The Hall–Kier alpha value is -3.21. The summed E-state index contributed by atoms with van der Waals surface area (Å²) in [6.07, 6.45) is 2.02. The molecule has 8 nitrogen and oxygen atoms in total. The SMILES string of the molecule is Cl.Cl.Cl.N=C(N)c1ccc2ccc(CN(c3ccc(OC4CCNCC4)cc3)S(=O)(=O)c3ccc(N)cc3)cc2c1. The Labute approximate surface area is 259 Å². The van der Waals surface area contributed by atoms with E-state index in [-0.39, 0.29) is 60.6 Å². The number of rotatable bonds is 8. The van der Waals surface area contributed by atoms with Crippen molar-refractivity contribution in [1.82, 2.24) is 5.32 Å². The Kier molecular flexibility index (Phi) is 12.1. The molecular formula is C29H34Cl3N5O3S. The predicted molar refractivity (Wildman–Crippen MR) is 174 cm³/mol. The van der Waals surface area contributed by atoms with Gasteiger partial charge in [-0.15, -0.1) is 37.2 Å². The molecule has 0 aliphatic carbocycles. The Balaban J connectivity index is 0.00000196. The van der Waals surface area contributed by atoms with Gasteiger partial charge in [-0.3, -0.25) is 9.71 Å². The number of ether oxygens (including phenoxy) is 1. The molecule has 4 aromatic rings. The van der Waals surface area contributed by atoms with E-state index < -0.39 is 10.0 Å². The van der Waals surface area contributed by atoms with E-state index in [0.717, 1.165) is 42.3 Å². The third kappa shape index (κ3) is 7.96. The van der Waals surface area contributed by atoms with Crippen LogP contribution in [0.4, 0.5) is 11.4 Å². The van der Waals surface area contributed by atoms with Crippen LogP contribution in [0.15, 0.2) is 89.8 Å². The van der Waals surface area contributed by atoms with E-state index in [2.05, 4.69) is 5.32 Å². The third-order valence-corrected chi connectivity index (χ3v) is 8.51. The van der Waals surface area contributed by atoms with Crippen molar-refractivity contribution in [3.05, 3.63) is 96.1 Å². The van der Waals surface area contributed by atoms with E-state index in [1.165, 1.54) is 16.4 Å². The lowest BCUT2D eigenvalue weighted by molar-refractivity contribution is 0.162. The first-order valence-electron chi connectivity index (χ1n) is 12.5. The maximum atomic E-state index is 13.9. The van der Waals surface area contributed by atoms with E-state index in [1.54, 1.807) is 30.3 Å². The quantitative estimate of drug-likeness (QED) is 0.114. The number of hydrogen-bond donors (Lipinski definition) is 4. The molecule has 0 spiro atoms. The van der Waals surface area contributed by atoms with Gasteiger partial charge in [0.05, 0.1) is 17.1 Å². The average Bonchev–Trinajstić information content (AvgIpc) is 2.92. The number of nitrogen functional groups attached to an aromatic ring is 2. The second kappa shape index (κ2) is 14.6. The van der Waals surface area contributed by atoms with Crippen LogP contribution in [0.3, 0.4) is 0 Å². The molecule has 12 heteroatoms. The van der Waals surface area contributed by atoms with Gasteiger partial charge in [-0.1, -0.05) is 24.3 Å². The van der Waals surface area contributed by atoms with Crippen LogP contribution in [0.1, 0.15) is 24.0 Å². The van der Waals surface area contributed by atoms with Crippen LogP contribution >= 0.6 is 37.2 Å². The second-order valence-electron chi connectivity index (χ2n) is 9.45. The van der Waals surface area contributed by atoms with Gasteiger partial charge in [-0.25, -0.2) is 8.42 Å². The van der Waals surface area contributed by atoms with Gasteiger partial charge in [0.25, 0.3) is 10.0 Å². The predicted octanol–water partition coefficient (Wildman–Crippen LogP) is 5.50. The van der Waals surface area contributed by atoms with Crippen LogP contribution < -0.4 is 25.8 Å². The van der Waals surface area contributed by atoms with Crippen molar-refractivity contribution in [3.63, 3.8) is 0 Å². The maximum Gasteiger partial charge on any atom is 0.264 e. The van der Waals surface area contributed by atoms with Crippen molar-refractivity contribution in [1.29, 1.82) is 5.41 Å². The van der Waals surface area contributed by atoms with Crippen LogP contribution in [-0.4, -0.2) is 33.4 Å². The van der Waals surface area contributed by atoms with Crippen LogP contribution in [0.5, 0.6) is 5.75 Å². The van der Waals surface area contributed by atoms with Crippen molar-refractivity contribution in [2.75, 3.05) is 23.1 Å². The molecule has 0 unspecified atom stereocenters. The lowest BCUT2D eigenvalue weighted by Crippen LogP contribution is -2.34. The minimum atomic E-state index is -3.91. The molecule has 4 aromatic carbocycles. The summed E-state index contributed by atoms with van der Waals surface area (Å²) < 4.78 is 35.2. The van der Waals surface area contributed by atoms with Gasteiger partial charge in [0.2, 0.25) is 0 Å². The highest BCUT2D eigenvalue weighted by Gasteiger charge is 2.26. The van der Waals surface area contributed by atoms with Gasteiger partial charge in [0.15, 0.2) is 0 Å². The van der Waals surface area contributed by atoms with Crippen LogP contribution in [0.25, 0.3) is 10.8 Å². The van der Waals surface area contributed by atoms with Gasteiger partial charge >= 0.3 is 0 Å². The van der Waals surface area contributed by atoms with E-state index in [4.69, 9.17) is 21.6 Å². The van der Waals surface area contributed by atoms with Gasteiger partial charge < -0.3 is 21.5 Å². The Morgan fingerprint density at radius 1 is 0.878 bits per heavy atom. The summed E-state index contributed by atoms with van der Waals surface area (Å²) in [5.74, 6) is 0.699. The molecule has 6 N–H and O–H groups in total. The zero-order chi connectivity index (χ0) is 26.7. The molecule has 41 heavy (non-hydrogen) atoms. The minimum Gasteiger partial charge on any atom is -0.490 e. The van der Waals surface area contributed by atoms with Gasteiger partial charge in [0.1, 0.15) is 17.7 Å². The molecule has 0 radical (unpaired) electrons. The van der Waals surface area contributed by atoms with Gasteiger partial charge in [-0.2, -0.15) is 0 Å². The van der Waals surface area contributed by atoms with E-state index in [9.17, 15) is 8.42 Å². The fraction of sp³-hybridized carbons (Fsp3) is 0.207. The zero-order valence-corrected chi connectivity index (χ0v) is 25.4. The first kappa shape index (κ1) is 34.0. The fourth-order valence-corrected chi connectivity index (χ4v) is 6.06. The van der Waals surface area contributed by atoms with Crippen molar-refractivity contribution in [2.45, 2.75) is 30.4 Å². The number of nitrogens with two attached hydrogens (primary N) is 2. The number of halogens is 3. The molecule has 1 aliphatic heterocycles. The number of anilines is 2. The molecule has 0 amide bonds. The number of hydrogen-bond acceptors (Lipinski definition) is 6. The van der Waals surface area contributed by atoms with Crippen molar-refractivity contribution >= 4 is 75.2 Å². The second-order valence-corrected chi connectivity index (χ2v) is 11.3. The average molecular weight is 639 g/mol. The summed E-state index contributed by atoms with van der Waals surface area (Å²) in [6.45, 7) is 1.97. The molecule has 0 saturated carbocycles. The smallest absolute Gasteiger partial charge is 0.264 e. The number of amidine groups is 1. The molecular weight excluding hydrogens is 605 g/mol. The molecule has 220 valence electrons. The summed E-state index contributed by atoms with van der Waals surface area (Å²) in [7, 11) is -3.91. The molecule has 0 aromatic heterocycles. The Morgan fingerprint density at radius 3 is 2.15 bits per heavy atom. The Morgan fingerprint density at radius 2 is 1.51 bits per heavy atom. The van der Waals surface area contributed by atoms with Crippen LogP contribution in [-0.2, 0) is 16.6 Å². The molecule has 1 heterocycles. The number of nitrogens with zero attached hydrogens (tertiary/aromatic N) is 1. The summed E-state index contributed by atoms with van der Waals surface area (Å²) in [6, 6.07) is 24.7. The van der Waals surface area contributed by atoms with E-state index in [1.807, 2.05) is 42.5 Å². The first-order chi connectivity index (χ1) is 18.3. The van der Waals surface area contributed by atoms with Gasteiger partial charge in [-0.05, 0) is 103 Å². The summed E-state index contributed by atoms with van der Waals surface area (Å²) in [5.41, 5.74) is 13.9. The first-order valence-corrected chi connectivity index (χ1v) is 14.0. The summed E-state index contributed by atoms with van der Waals surface area (Å²) in [5, 5.41) is 12.9. The van der Waals surface area contributed by atoms with E-state index >= 15 is 0 Å². The minimum absolute atomic E-state index is 0. The number of benzene rings is 4. The highest BCUT2D eigenvalue weighted by atomic mass is 35.5. The zero-order valence-electron chi connectivity index (χ0n) is 22.2. The largest absolute Gasteiger partial charge is 0.490 e. The number of fused-ring (bicyclic) bond motifs is 1. The lowest BCUT2D eigenvalue weighted by Gasteiger charge is -2.26. The third-order valence-electron chi connectivity index (χ3n) is 6.72. The maximum absolute atomic E-state index is 13.9. The molecule has 0 bridgehead atoms. The molecule has 1 fully saturated rings.